The van der Waals surface area contributed by atoms with Gasteiger partial charge in [0.05, 0.1) is 39.9 Å². The van der Waals surface area contributed by atoms with Crippen LogP contribution in [0.2, 0.25) is 0 Å². The number of likely N-dealkylation sites (N-methyl/N-ethyl adjacent to an activating group) is 1. The number of phosphoric acid groups is 1. The van der Waals surface area contributed by atoms with Crippen molar-refractivity contribution in [2.75, 3.05) is 40.9 Å². The fourth-order valence-corrected chi connectivity index (χ4v) is 8.20. The minimum Gasteiger partial charge on any atom is -0.391 e. The second kappa shape index (κ2) is 39.9. The van der Waals surface area contributed by atoms with Gasteiger partial charge in [-0.25, -0.2) is 4.57 Å². The molecule has 336 valence electrons. The molecule has 0 saturated carbocycles. The van der Waals surface area contributed by atoms with E-state index in [2.05, 4.69) is 19.2 Å². The first kappa shape index (κ1) is 55.5. The Kier molecular flexibility index (Phi) is 39.6. The van der Waals surface area contributed by atoms with Gasteiger partial charge in [-0.3, -0.25) is 13.8 Å². The van der Waals surface area contributed by atoms with Gasteiger partial charge in [0.1, 0.15) is 13.2 Å². The number of nitrogens with one attached hydrogen (secondary N) is 1. The topological polar surface area (TPSA) is 105 Å². The van der Waals surface area contributed by atoms with Gasteiger partial charge in [0.2, 0.25) is 5.91 Å². The molecule has 56 heavy (non-hydrogen) atoms. The summed E-state index contributed by atoms with van der Waals surface area (Å²) >= 11 is 0. The van der Waals surface area contributed by atoms with E-state index in [1.54, 1.807) is 0 Å². The van der Waals surface area contributed by atoms with Gasteiger partial charge in [0, 0.05) is 6.42 Å². The quantitative estimate of drug-likeness (QED) is 0.0321. The summed E-state index contributed by atoms with van der Waals surface area (Å²) in [6.07, 6.45) is 44.2. The molecule has 0 saturated heterocycles. The van der Waals surface area contributed by atoms with E-state index in [0.717, 1.165) is 38.5 Å². The Morgan fingerprint density at radius 1 is 0.536 bits per heavy atom. The molecule has 0 fully saturated rings. The van der Waals surface area contributed by atoms with E-state index in [0.29, 0.717) is 23.9 Å². The lowest BCUT2D eigenvalue weighted by Gasteiger charge is -2.26. The van der Waals surface area contributed by atoms with Crippen molar-refractivity contribution in [1.29, 1.82) is 0 Å². The zero-order valence-corrected chi connectivity index (χ0v) is 39.0. The fraction of sp³-hybridized carbons (Fsp3) is 0.979. The number of unbranched alkanes of at least 4 members (excludes halogenated alkanes) is 32. The average molecular weight is 818 g/mol. The van der Waals surface area contributed by atoms with E-state index < -0.39 is 20.0 Å². The molecular formula is C47H98N2O6P+. The minimum absolute atomic E-state index is 0.0786. The predicted molar refractivity (Wildman–Crippen MR) is 240 cm³/mol. The largest absolute Gasteiger partial charge is 0.472 e. The normalized spacial score (nSPS) is 14.2. The predicted octanol–water partition coefficient (Wildman–Crippen LogP) is 13.8. The van der Waals surface area contributed by atoms with E-state index in [1.807, 2.05) is 21.1 Å². The van der Waals surface area contributed by atoms with Crippen LogP contribution in [0, 0.1) is 0 Å². The zero-order chi connectivity index (χ0) is 41.4. The molecule has 9 heteroatoms. The number of hydrogen-bond acceptors (Lipinski definition) is 5. The number of carbonyl (C=O) groups excluding carboxylic acids is 1. The van der Waals surface area contributed by atoms with Crippen LogP contribution in [-0.4, -0.2) is 73.4 Å². The molecule has 1 amide bonds. The van der Waals surface area contributed by atoms with Crippen LogP contribution in [-0.2, 0) is 18.4 Å². The molecule has 0 bridgehead atoms. The van der Waals surface area contributed by atoms with Gasteiger partial charge in [-0.05, 0) is 12.8 Å². The molecule has 3 N–H and O–H groups in total. The first-order valence-electron chi connectivity index (χ1n) is 24.4. The molecule has 0 aromatic heterocycles. The summed E-state index contributed by atoms with van der Waals surface area (Å²) in [4.78, 5) is 23.1. The molecule has 8 nitrogen and oxygen atoms in total. The van der Waals surface area contributed by atoms with Crippen molar-refractivity contribution in [2.24, 2.45) is 0 Å². The summed E-state index contributed by atoms with van der Waals surface area (Å²) in [5, 5.41) is 14.0. The molecule has 0 aliphatic heterocycles. The number of quaternary nitrogens is 1. The summed E-state index contributed by atoms with van der Waals surface area (Å²) in [5.41, 5.74) is 0. The SMILES string of the molecule is CCCCCCCCCCCCCCCCCCCCCCCCCC(O)C(COP(=O)(O)OCC[N+](C)(C)C)NC(=O)CCCCCCCCCCCCC. The van der Waals surface area contributed by atoms with Crippen LogP contribution in [0.25, 0.3) is 0 Å². The van der Waals surface area contributed by atoms with Gasteiger partial charge >= 0.3 is 7.82 Å². The third-order valence-electron chi connectivity index (χ3n) is 11.4. The van der Waals surface area contributed by atoms with Crippen molar-refractivity contribution in [3.05, 3.63) is 0 Å². The van der Waals surface area contributed by atoms with Crippen LogP contribution in [0.5, 0.6) is 0 Å². The number of amides is 1. The molecule has 3 atom stereocenters. The van der Waals surface area contributed by atoms with Crippen LogP contribution in [0.3, 0.4) is 0 Å². The maximum absolute atomic E-state index is 12.9. The van der Waals surface area contributed by atoms with Crippen molar-refractivity contribution < 1.29 is 32.9 Å². The Morgan fingerprint density at radius 2 is 0.857 bits per heavy atom. The molecule has 0 radical (unpaired) electrons. The van der Waals surface area contributed by atoms with Crippen LogP contribution >= 0.6 is 7.82 Å². The molecule has 0 spiro atoms. The smallest absolute Gasteiger partial charge is 0.391 e. The van der Waals surface area contributed by atoms with E-state index in [4.69, 9.17) is 9.05 Å². The van der Waals surface area contributed by atoms with E-state index in [9.17, 15) is 19.4 Å². The maximum Gasteiger partial charge on any atom is 0.472 e. The van der Waals surface area contributed by atoms with Crippen LogP contribution in [0.4, 0.5) is 0 Å². The number of rotatable bonds is 45. The monoisotopic (exact) mass is 818 g/mol. The summed E-state index contributed by atoms with van der Waals surface area (Å²) in [7, 11) is 1.63. The first-order chi connectivity index (χ1) is 27.0. The molecule has 0 aliphatic rings. The summed E-state index contributed by atoms with van der Waals surface area (Å²) in [5.74, 6) is -0.142. The first-order valence-corrected chi connectivity index (χ1v) is 25.9. The lowest BCUT2D eigenvalue weighted by molar-refractivity contribution is -0.870. The zero-order valence-electron chi connectivity index (χ0n) is 38.2. The molecule has 0 rings (SSSR count). The summed E-state index contributed by atoms with van der Waals surface area (Å²) in [6, 6.07) is -0.752. The van der Waals surface area contributed by atoms with Gasteiger partial charge in [0.15, 0.2) is 0 Å². The van der Waals surface area contributed by atoms with Gasteiger partial charge in [-0.2, -0.15) is 0 Å². The van der Waals surface area contributed by atoms with Crippen molar-refractivity contribution in [3.63, 3.8) is 0 Å². The number of aliphatic hydroxyl groups is 1. The van der Waals surface area contributed by atoms with Crippen molar-refractivity contribution in [2.45, 2.75) is 257 Å². The molecule has 0 aromatic carbocycles. The Bertz CT molecular complexity index is 885. The summed E-state index contributed by atoms with van der Waals surface area (Å²) in [6.45, 7) is 4.91. The molecule has 3 unspecified atom stereocenters. The molecular weight excluding hydrogens is 719 g/mol. The highest BCUT2D eigenvalue weighted by atomic mass is 31.2. The Balaban J connectivity index is 4.16. The third-order valence-corrected chi connectivity index (χ3v) is 12.3. The molecule has 0 heterocycles. The number of hydrogen-bond donors (Lipinski definition) is 3. The Hall–Kier alpha value is -0.500. The highest BCUT2D eigenvalue weighted by Gasteiger charge is 2.28. The van der Waals surface area contributed by atoms with Crippen LogP contribution < -0.4 is 5.32 Å². The Labute approximate surface area is 349 Å². The van der Waals surface area contributed by atoms with Crippen LogP contribution in [0.1, 0.15) is 245 Å². The number of carbonyl (C=O) groups is 1. The van der Waals surface area contributed by atoms with E-state index in [-0.39, 0.29) is 19.1 Å². The van der Waals surface area contributed by atoms with Gasteiger partial charge < -0.3 is 19.8 Å². The van der Waals surface area contributed by atoms with Gasteiger partial charge in [0.25, 0.3) is 0 Å². The Morgan fingerprint density at radius 3 is 1.20 bits per heavy atom. The highest BCUT2D eigenvalue weighted by Crippen LogP contribution is 2.43. The van der Waals surface area contributed by atoms with Gasteiger partial charge in [-0.15, -0.1) is 0 Å². The molecule has 0 aliphatic carbocycles. The second-order valence-corrected chi connectivity index (χ2v) is 19.7. The second-order valence-electron chi connectivity index (χ2n) is 18.2. The van der Waals surface area contributed by atoms with Gasteiger partial charge in [-0.1, -0.05) is 226 Å². The number of phosphoric ester groups is 1. The molecule has 0 aromatic rings. The highest BCUT2D eigenvalue weighted by molar-refractivity contribution is 7.47. The van der Waals surface area contributed by atoms with Crippen molar-refractivity contribution >= 4 is 13.7 Å². The lowest BCUT2D eigenvalue weighted by atomic mass is 10.0. The van der Waals surface area contributed by atoms with Crippen LogP contribution in [0.15, 0.2) is 0 Å². The van der Waals surface area contributed by atoms with E-state index in [1.165, 1.54) is 180 Å². The minimum atomic E-state index is -4.31. The fourth-order valence-electron chi connectivity index (χ4n) is 7.46. The number of nitrogens with zero attached hydrogens (tertiary/aromatic N) is 1. The average Bonchev–Trinajstić information content (AvgIpc) is 3.15. The lowest BCUT2D eigenvalue weighted by Crippen LogP contribution is -2.46. The van der Waals surface area contributed by atoms with Crippen molar-refractivity contribution in [1.82, 2.24) is 5.32 Å². The standard InChI is InChI=1S/C47H97N2O6P/c1-6-8-10-12-14-16-18-19-20-21-22-23-24-25-26-27-28-29-31-32-34-36-38-40-46(50)45(44-55-56(52,53)54-43-42-49(3,4)5)48-47(51)41-39-37-35-33-30-17-15-13-11-9-7-2/h45-46,50H,6-44H2,1-5H3,(H-,48,51,52,53)/p+1. The third kappa shape index (κ3) is 41.7. The number of aliphatic hydroxyl groups excluding tert-OH is 1. The van der Waals surface area contributed by atoms with E-state index >= 15 is 0 Å². The summed E-state index contributed by atoms with van der Waals surface area (Å²) < 4.78 is 23.6. The van der Waals surface area contributed by atoms with Crippen molar-refractivity contribution in [3.8, 4) is 0 Å². The maximum atomic E-state index is 12.9.